The Hall–Kier alpha value is -3.80. The van der Waals surface area contributed by atoms with Crippen LogP contribution in [0.15, 0.2) is 78.0 Å². The normalized spacial score (nSPS) is 16.5. The highest BCUT2D eigenvalue weighted by Crippen LogP contribution is 2.38. The van der Waals surface area contributed by atoms with E-state index in [9.17, 15) is 23.3 Å². The maximum Gasteiger partial charge on any atom is 0.290 e. The molecule has 2 heterocycles. The molecule has 0 unspecified atom stereocenters. The van der Waals surface area contributed by atoms with Crippen LogP contribution in [0.25, 0.3) is 10.9 Å². The summed E-state index contributed by atoms with van der Waals surface area (Å²) in [4.78, 5) is 32.2. The zero-order chi connectivity index (χ0) is 30.0. The third-order valence-corrected chi connectivity index (χ3v) is 9.97. The van der Waals surface area contributed by atoms with Crippen molar-refractivity contribution in [3.05, 3.63) is 99.5 Å². The summed E-state index contributed by atoms with van der Waals surface area (Å²) in [6, 6.07) is 16.6. The van der Waals surface area contributed by atoms with Crippen LogP contribution in [0.5, 0.6) is 0 Å². The number of pyridine rings is 1. The Balaban J connectivity index is 1.51. The van der Waals surface area contributed by atoms with Crippen LogP contribution in [0, 0.1) is 10.1 Å². The molecule has 1 saturated carbocycles. The van der Waals surface area contributed by atoms with Crippen LogP contribution < -0.4 is 10.0 Å². The molecule has 1 aliphatic carbocycles. The average Bonchev–Trinajstić information content (AvgIpc) is 3.38. The molecule has 1 amide bonds. The first-order chi connectivity index (χ1) is 20.0. The van der Waals surface area contributed by atoms with Crippen LogP contribution in [0.1, 0.15) is 50.3 Å². The van der Waals surface area contributed by atoms with E-state index in [0.29, 0.717) is 5.56 Å². The lowest BCUT2D eigenvalue weighted by Gasteiger charge is -2.38. The lowest BCUT2D eigenvalue weighted by Crippen LogP contribution is -2.59. The van der Waals surface area contributed by atoms with Gasteiger partial charge >= 0.3 is 0 Å². The van der Waals surface area contributed by atoms with Gasteiger partial charge in [0.25, 0.3) is 5.69 Å². The first-order valence-corrected chi connectivity index (χ1v) is 15.6. The van der Waals surface area contributed by atoms with Gasteiger partial charge in [0, 0.05) is 58.5 Å². The van der Waals surface area contributed by atoms with E-state index in [0.717, 1.165) is 60.8 Å². The summed E-state index contributed by atoms with van der Waals surface area (Å²) in [5, 5.41) is 15.6. The lowest BCUT2D eigenvalue weighted by atomic mass is 9.71. The number of sulfonamides is 1. The van der Waals surface area contributed by atoms with Crippen molar-refractivity contribution in [2.24, 2.45) is 0 Å². The number of nitrogens with one attached hydrogen (secondary N) is 3. The third kappa shape index (κ3) is 6.04. The molecular formula is C30H32ClN5O5S. The van der Waals surface area contributed by atoms with Gasteiger partial charge in [-0.2, -0.15) is 4.72 Å². The van der Waals surface area contributed by atoms with Gasteiger partial charge in [-0.25, -0.2) is 8.42 Å². The second kappa shape index (κ2) is 11.8. The summed E-state index contributed by atoms with van der Waals surface area (Å²) >= 11 is 5.93. The zero-order valence-corrected chi connectivity index (χ0v) is 24.7. The van der Waals surface area contributed by atoms with Crippen molar-refractivity contribution in [3.63, 3.8) is 0 Å². The van der Waals surface area contributed by atoms with Gasteiger partial charge in [0.05, 0.1) is 4.92 Å². The van der Waals surface area contributed by atoms with E-state index in [1.165, 1.54) is 13.0 Å². The van der Waals surface area contributed by atoms with Gasteiger partial charge in [0.15, 0.2) is 4.90 Å². The topological polar surface area (TPSA) is 147 Å². The number of halogens is 1. The molecule has 1 atom stereocenters. The Labute approximate surface area is 249 Å². The third-order valence-electron chi connectivity index (χ3n) is 8.09. The van der Waals surface area contributed by atoms with Gasteiger partial charge in [-0.1, -0.05) is 55.1 Å². The van der Waals surface area contributed by atoms with E-state index in [-0.39, 0.29) is 23.4 Å². The molecule has 4 aromatic rings. The minimum Gasteiger partial charge on any atom is -0.361 e. The van der Waals surface area contributed by atoms with Gasteiger partial charge in [-0.05, 0) is 55.7 Å². The number of carbonyl (C=O) groups is 1. The number of amides is 1. The van der Waals surface area contributed by atoms with Crippen molar-refractivity contribution in [2.75, 3.05) is 6.54 Å². The van der Waals surface area contributed by atoms with Gasteiger partial charge < -0.3 is 10.3 Å². The molecule has 2 aromatic carbocycles. The molecule has 42 heavy (non-hydrogen) atoms. The number of H-pyrrole nitrogens is 1. The minimum absolute atomic E-state index is 0.0138. The zero-order valence-electron chi connectivity index (χ0n) is 23.1. The molecule has 0 bridgehead atoms. The number of carbonyl (C=O) groups excluding carboxylic acids is 1. The smallest absolute Gasteiger partial charge is 0.290 e. The van der Waals surface area contributed by atoms with Crippen molar-refractivity contribution in [2.45, 2.75) is 61.3 Å². The number of nitro benzene ring substituents is 1. The molecule has 0 saturated heterocycles. The molecule has 3 N–H and O–H groups in total. The predicted octanol–water partition coefficient (Wildman–Crippen LogP) is 5.42. The van der Waals surface area contributed by atoms with E-state index in [1.807, 2.05) is 42.5 Å². The highest BCUT2D eigenvalue weighted by Gasteiger charge is 2.42. The van der Waals surface area contributed by atoms with Crippen LogP contribution in [0.3, 0.4) is 0 Å². The standard InChI is InChI=1S/C30H32ClN5O5S/c1-29(18-21-19-33-24-10-4-3-9-23(21)24,35-42(40,41)26-13-12-22(31)17-25(26)36(38)39)28(37)34-20-30(14-6-2-7-15-30)27-11-5-8-16-32-27/h3-5,8-13,16-17,19,33,35H,2,6-7,14-15,18,20H2,1H3,(H,34,37)/t29-/m0/s1. The molecule has 1 aliphatic rings. The van der Waals surface area contributed by atoms with Crippen LogP contribution in [0.4, 0.5) is 5.69 Å². The largest absolute Gasteiger partial charge is 0.361 e. The second-order valence-corrected chi connectivity index (χ2v) is 13.2. The average molecular weight is 610 g/mol. The molecule has 0 aliphatic heterocycles. The SMILES string of the molecule is C[C@@](Cc1c[nH]c2ccccc12)(NS(=O)(=O)c1ccc(Cl)cc1[N+](=O)[O-])C(=O)NCC1(c2ccccn2)CCCCC1. The highest BCUT2D eigenvalue weighted by molar-refractivity contribution is 7.89. The fourth-order valence-electron chi connectivity index (χ4n) is 5.91. The fourth-order valence-corrected chi connectivity index (χ4v) is 7.60. The van der Waals surface area contributed by atoms with Gasteiger partial charge in [0.1, 0.15) is 5.54 Å². The summed E-state index contributed by atoms with van der Waals surface area (Å²) in [6.45, 7) is 1.77. The summed E-state index contributed by atoms with van der Waals surface area (Å²) < 4.78 is 30.0. The molecular weight excluding hydrogens is 578 g/mol. The lowest BCUT2D eigenvalue weighted by molar-refractivity contribution is -0.387. The summed E-state index contributed by atoms with van der Waals surface area (Å²) in [5.74, 6) is -0.547. The summed E-state index contributed by atoms with van der Waals surface area (Å²) in [7, 11) is -4.56. The number of hydrogen-bond donors (Lipinski definition) is 3. The summed E-state index contributed by atoms with van der Waals surface area (Å²) in [6.07, 6.45) is 8.23. The Morgan fingerprint density at radius 3 is 2.57 bits per heavy atom. The van der Waals surface area contributed by atoms with Crippen LogP contribution >= 0.6 is 11.6 Å². The molecule has 10 nitrogen and oxygen atoms in total. The maximum atomic E-state index is 14.1. The van der Waals surface area contributed by atoms with E-state index in [4.69, 9.17) is 11.6 Å². The molecule has 0 spiro atoms. The Morgan fingerprint density at radius 2 is 1.86 bits per heavy atom. The maximum absolute atomic E-state index is 14.1. The number of aromatic amines is 1. The highest BCUT2D eigenvalue weighted by atomic mass is 35.5. The number of fused-ring (bicyclic) bond motifs is 1. The van der Waals surface area contributed by atoms with Gasteiger partial charge in [0.2, 0.25) is 15.9 Å². The number of hydrogen-bond acceptors (Lipinski definition) is 6. The van der Waals surface area contributed by atoms with Gasteiger partial charge in [-0.3, -0.25) is 19.9 Å². The first-order valence-electron chi connectivity index (χ1n) is 13.8. The molecule has 12 heteroatoms. The Bertz CT molecular complexity index is 1720. The summed E-state index contributed by atoms with van der Waals surface area (Å²) in [5.41, 5.74) is -0.333. The van der Waals surface area contributed by atoms with E-state index < -0.39 is 37.0 Å². The number of para-hydroxylation sites is 1. The minimum atomic E-state index is -4.56. The van der Waals surface area contributed by atoms with Crippen LogP contribution in [-0.4, -0.2) is 41.3 Å². The molecule has 2 aromatic heterocycles. The van der Waals surface area contributed by atoms with Crippen molar-refractivity contribution in [1.29, 1.82) is 0 Å². The van der Waals surface area contributed by atoms with Gasteiger partial charge in [-0.15, -0.1) is 0 Å². The quantitative estimate of drug-likeness (QED) is 0.161. The Kier molecular flexibility index (Phi) is 8.36. The number of benzene rings is 2. The number of nitrogens with zero attached hydrogens (tertiary/aromatic N) is 2. The van der Waals surface area contributed by atoms with Crippen LogP contribution in [0.2, 0.25) is 5.02 Å². The van der Waals surface area contributed by atoms with Crippen LogP contribution in [-0.2, 0) is 26.7 Å². The Morgan fingerprint density at radius 1 is 1.12 bits per heavy atom. The molecule has 220 valence electrons. The number of aromatic nitrogens is 2. The monoisotopic (exact) mass is 609 g/mol. The second-order valence-electron chi connectivity index (χ2n) is 11.1. The van der Waals surface area contributed by atoms with Crippen molar-refractivity contribution >= 4 is 44.1 Å². The fraction of sp³-hybridized carbons (Fsp3) is 0.333. The first kappa shape index (κ1) is 29.7. The van der Waals surface area contributed by atoms with E-state index in [1.54, 1.807) is 12.4 Å². The van der Waals surface area contributed by atoms with Crippen molar-refractivity contribution in [1.82, 2.24) is 20.0 Å². The number of nitro groups is 1. The molecule has 5 rings (SSSR count). The molecule has 1 fully saturated rings. The molecule has 0 radical (unpaired) electrons. The van der Waals surface area contributed by atoms with Crippen molar-refractivity contribution in [3.8, 4) is 0 Å². The van der Waals surface area contributed by atoms with E-state index >= 15 is 0 Å². The predicted molar refractivity (Wildman–Crippen MR) is 161 cm³/mol. The number of rotatable bonds is 10. The van der Waals surface area contributed by atoms with Crippen molar-refractivity contribution < 1.29 is 18.1 Å². The van der Waals surface area contributed by atoms with E-state index in [2.05, 4.69) is 20.0 Å².